The third-order valence-electron chi connectivity index (χ3n) is 2.90. The van der Waals surface area contributed by atoms with Crippen LogP contribution in [0.15, 0.2) is 18.2 Å². The van der Waals surface area contributed by atoms with Crippen LogP contribution in [0, 0.1) is 0 Å². The molecule has 7 heteroatoms. The molecule has 0 spiro atoms. The zero-order chi connectivity index (χ0) is 16.2. The van der Waals surface area contributed by atoms with Gasteiger partial charge in [-0.25, -0.2) is 13.6 Å². The number of carbonyl (C=O) groups is 2. The number of rotatable bonds is 6. The van der Waals surface area contributed by atoms with E-state index in [1.165, 1.54) is 12.1 Å². The molecule has 1 aromatic rings. The summed E-state index contributed by atoms with van der Waals surface area (Å²) in [6.07, 6.45) is -3.77. The lowest BCUT2D eigenvalue weighted by molar-refractivity contribution is -0.140. The van der Waals surface area contributed by atoms with Crippen molar-refractivity contribution in [2.24, 2.45) is 0 Å². The standard InChI is InChI=1S/C14H16ClF2NO3/c1-7(2)9-4-3-8(5-10(9)15)13(19)18-11(14(20)21)6-12(16)17/h3-5,7,11-12H,6H2,1-2H3,(H,18,19)(H,20,21). The topological polar surface area (TPSA) is 66.4 Å². The molecule has 0 saturated carbocycles. The molecule has 0 bridgehead atoms. The van der Waals surface area contributed by atoms with Gasteiger partial charge in [-0.15, -0.1) is 0 Å². The van der Waals surface area contributed by atoms with E-state index in [4.69, 9.17) is 16.7 Å². The monoisotopic (exact) mass is 319 g/mol. The van der Waals surface area contributed by atoms with Gasteiger partial charge in [-0.1, -0.05) is 31.5 Å². The maximum Gasteiger partial charge on any atom is 0.326 e. The fraction of sp³-hybridized carbons (Fsp3) is 0.429. The zero-order valence-electron chi connectivity index (χ0n) is 11.6. The van der Waals surface area contributed by atoms with Crippen molar-refractivity contribution in [2.75, 3.05) is 0 Å². The van der Waals surface area contributed by atoms with Crippen LogP contribution in [-0.2, 0) is 4.79 Å². The molecule has 21 heavy (non-hydrogen) atoms. The predicted octanol–water partition coefficient (Wildman–Crippen LogP) is 3.30. The number of amides is 1. The molecular weight excluding hydrogens is 304 g/mol. The van der Waals surface area contributed by atoms with E-state index < -0.39 is 30.8 Å². The third-order valence-corrected chi connectivity index (χ3v) is 3.23. The van der Waals surface area contributed by atoms with Crippen LogP contribution in [0.25, 0.3) is 0 Å². The van der Waals surface area contributed by atoms with E-state index in [1.54, 1.807) is 6.07 Å². The Morgan fingerprint density at radius 1 is 1.33 bits per heavy atom. The van der Waals surface area contributed by atoms with E-state index in [1.807, 2.05) is 13.8 Å². The summed E-state index contributed by atoms with van der Waals surface area (Å²) in [5.41, 5.74) is 0.973. The quantitative estimate of drug-likeness (QED) is 0.845. The number of alkyl halides is 2. The van der Waals surface area contributed by atoms with Gasteiger partial charge in [-0.05, 0) is 23.6 Å². The molecule has 1 atom stereocenters. The molecule has 1 unspecified atom stereocenters. The minimum absolute atomic E-state index is 0.130. The number of nitrogens with one attached hydrogen (secondary N) is 1. The van der Waals surface area contributed by atoms with Gasteiger partial charge in [0.25, 0.3) is 5.91 Å². The van der Waals surface area contributed by atoms with E-state index in [9.17, 15) is 18.4 Å². The Bertz CT molecular complexity index is 535. The van der Waals surface area contributed by atoms with Crippen molar-refractivity contribution in [1.82, 2.24) is 5.32 Å². The van der Waals surface area contributed by atoms with Crippen molar-refractivity contribution in [3.8, 4) is 0 Å². The number of carboxylic acids is 1. The van der Waals surface area contributed by atoms with Crippen LogP contribution in [0.1, 0.15) is 42.1 Å². The van der Waals surface area contributed by atoms with Crippen molar-refractivity contribution >= 4 is 23.5 Å². The highest BCUT2D eigenvalue weighted by molar-refractivity contribution is 6.31. The van der Waals surface area contributed by atoms with Crippen molar-refractivity contribution < 1.29 is 23.5 Å². The molecular formula is C14H16ClF2NO3. The molecule has 1 rings (SSSR count). The second-order valence-electron chi connectivity index (χ2n) is 4.88. The first-order valence-electron chi connectivity index (χ1n) is 6.33. The molecule has 4 nitrogen and oxygen atoms in total. The second-order valence-corrected chi connectivity index (χ2v) is 5.29. The Kier molecular flexibility index (Phi) is 6.08. The van der Waals surface area contributed by atoms with E-state index in [0.29, 0.717) is 5.02 Å². The molecule has 0 aliphatic rings. The highest BCUT2D eigenvalue weighted by Crippen LogP contribution is 2.25. The molecule has 0 aliphatic carbocycles. The number of carbonyl (C=O) groups excluding carboxylic acids is 1. The van der Waals surface area contributed by atoms with E-state index in [2.05, 4.69) is 5.32 Å². The first kappa shape index (κ1) is 17.4. The van der Waals surface area contributed by atoms with Crippen LogP contribution >= 0.6 is 11.6 Å². The van der Waals surface area contributed by atoms with Crippen LogP contribution in [0.4, 0.5) is 8.78 Å². The summed E-state index contributed by atoms with van der Waals surface area (Å²) >= 11 is 6.04. The Hall–Kier alpha value is -1.69. The maximum absolute atomic E-state index is 12.3. The minimum Gasteiger partial charge on any atom is -0.480 e. The molecule has 1 aromatic carbocycles. The van der Waals surface area contributed by atoms with Gasteiger partial charge in [0.1, 0.15) is 6.04 Å². The zero-order valence-corrected chi connectivity index (χ0v) is 12.3. The Morgan fingerprint density at radius 3 is 2.38 bits per heavy atom. The average molecular weight is 320 g/mol. The molecule has 0 fully saturated rings. The summed E-state index contributed by atoms with van der Waals surface area (Å²) in [5, 5.41) is 11.3. The van der Waals surface area contributed by atoms with Crippen LogP contribution in [0.2, 0.25) is 5.02 Å². The van der Waals surface area contributed by atoms with Crippen molar-refractivity contribution in [3.05, 3.63) is 34.3 Å². The van der Waals surface area contributed by atoms with E-state index >= 15 is 0 Å². The molecule has 0 aromatic heterocycles. The predicted molar refractivity (Wildman–Crippen MR) is 75.1 cm³/mol. The first-order valence-corrected chi connectivity index (χ1v) is 6.71. The SMILES string of the molecule is CC(C)c1ccc(C(=O)NC(CC(F)F)C(=O)O)cc1Cl. The Morgan fingerprint density at radius 2 is 1.95 bits per heavy atom. The molecule has 0 saturated heterocycles. The summed E-state index contributed by atoms with van der Waals surface area (Å²) in [7, 11) is 0. The Labute approximate surface area is 126 Å². The van der Waals surface area contributed by atoms with E-state index in [-0.39, 0.29) is 11.5 Å². The van der Waals surface area contributed by atoms with Gasteiger partial charge in [0.05, 0.1) is 0 Å². The Balaban J connectivity index is 2.88. The van der Waals surface area contributed by atoms with Crippen LogP contribution in [0.5, 0.6) is 0 Å². The van der Waals surface area contributed by atoms with Crippen LogP contribution in [-0.4, -0.2) is 29.5 Å². The highest BCUT2D eigenvalue weighted by atomic mass is 35.5. The van der Waals surface area contributed by atoms with Crippen LogP contribution < -0.4 is 5.32 Å². The molecule has 116 valence electrons. The average Bonchev–Trinajstić information content (AvgIpc) is 2.36. The van der Waals surface area contributed by atoms with Gasteiger partial charge in [-0.2, -0.15) is 0 Å². The lowest BCUT2D eigenvalue weighted by Crippen LogP contribution is -2.42. The first-order chi connectivity index (χ1) is 9.72. The van der Waals surface area contributed by atoms with E-state index in [0.717, 1.165) is 5.56 Å². The highest BCUT2D eigenvalue weighted by Gasteiger charge is 2.24. The number of aliphatic carboxylic acids is 1. The number of hydrogen-bond donors (Lipinski definition) is 2. The molecule has 0 heterocycles. The summed E-state index contributed by atoms with van der Waals surface area (Å²) in [6, 6.07) is 2.90. The van der Waals surface area contributed by atoms with Gasteiger partial charge in [0.15, 0.2) is 0 Å². The fourth-order valence-electron chi connectivity index (χ4n) is 1.78. The molecule has 1 amide bonds. The fourth-order valence-corrected chi connectivity index (χ4v) is 2.18. The normalized spacial score (nSPS) is 12.5. The van der Waals surface area contributed by atoms with Gasteiger partial charge < -0.3 is 10.4 Å². The molecule has 0 radical (unpaired) electrons. The summed E-state index contributed by atoms with van der Waals surface area (Å²) in [4.78, 5) is 22.7. The number of hydrogen-bond acceptors (Lipinski definition) is 2. The smallest absolute Gasteiger partial charge is 0.326 e. The lowest BCUT2D eigenvalue weighted by atomic mass is 10.0. The largest absolute Gasteiger partial charge is 0.480 e. The number of benzene rings is 1. The van der Waals surface area contributed by atoms with Gasteiger partial charge in [0, 0.05) is 17.0 Å². The van der Waals surface area contributed by atoms with Crippen molar-refractivity contribution in [2.45, 2.75) is 38.7 Å². The number of carboxylic acid groups (broad SMARTS) is 1. The molecule has 2 N–H and O–H groups in total. The second kappa shape index (κ2) is 7.36. The number of halogens is 3. The summed E-state index contributed by atoms with van der Waals surface area (Å²) < 4.78 is 24.5. The summed E-state index contributed by atoms with van der Waals surface area (Å²) in [5.74, 6) is -2.09. The summed E-state index contributed by atoms with van der Waals surface area (Å²) in [6.45, 7) is 3.87. The maximum atomic E-state index is 12.3. The van der Waals surface area contributed by atoms with Gasteiger partial charge >= 0.3 is 5.97 Å². The third kappa shape index (κ3) is 4.97. The van der Waals surface area contributed by atoms with Crippen molar-refractivity contribution in [3.63, 3.8) is 0 Å². The van der Waals surface area contributed by atoms with Gasteiger partial charge in [-0.3, -0.25) is 4.79 Å². The minimum atomic E-state index is -2.82. The molecule has 0 aliphatic heterocycles. The lowest BCUT2D eigenvalue weighted by Gasteiger charge is -2.15. The van der Waals surface area contributed by atoms with Crippen LogP contribution in [0.3, 0.4) is 0 Å². The van der Waals surface area contributed by atoms with Gasteiger partial charge in [0.2, 0.25) is 6.43 Å². The van der Waals surface area contributed by atoms with Crippen molar-refractivity contribution in [1.29, 1.82) is 0 Å².